The van der Waals surface area contributed by atoms with Crippen molar-refractivity contribution >= 4 is 23.3 Å². The number of likely N-dealkylation sites (N-methyl/N-ethyl adjacent to an activating group) is 1. The molecule has 2 unspecified atom stereocenters. The lowest BCUT2D eigenvalue weighted by Gasteiger charge is -2.32. The first-order valence-corrected chi connectivity index (χ1v) is 7.31. The van der Waals surface area contributed by atoms with Gasteiger partial charge in [-0.15, -0.1) is 0 Å². The van der Waals surface area contributed by atoms with Gasteiger partial charge < -0.3 is 14.7 Å². The lowest BCUT2D eigenvalue weighted by Crippen LogP contribution is -2.39. The number of nitrogens with zero attached hydrogens (tertiary/aromatic N) is 1. The van der Waals surface area contributed by atoms with Crippen LogP contribution < -0.4 is 4.90 Å². The number of methoxy groups -OCH3 is 1. The summed E-state index contributed by atoms with van der Waals surface area (Å²) in [6, 6.07) is 11.8. The molecule has 0 amide bonds. The van der Waals surface area contributed by atoms with Gasteiger partial charge in [0.1, 0.15) is 5.82 Å². The SMILES string of the molecule is COC(=O)C(O)C(c1cccc(F)c1)N(C)c1ccc(Cl)cc1. The predicted octanol–water partition coefficient (Wildman–Crippen LogP) is 3.19. The molecule has 0 aliphatic rings. The summed E-state index contributed by atoms with van der Waals surface area (Å²) < 4.78 is 18.2. The highest BCUT2D eigenvalue weighted by Gasteiger charge is 2.32. The van der Waals surface area contributed by atoms with Gasteiger partial charge in [0.05, 0.1) is 13.2 Å². The average Bonchev–Trinajstić information content (AvgIpc) is 2.54. The van der Waals surface area contributed by atoms with Crippen molar-refractivity contribution in [3.8, 4) is 0 Å². The molecule has 4 nitrogen and oxygen atoms in total. The highest BCUT2D eigenvalue weighted by atomic mass is 35.5. The van der Waals surface area contributed by atoms with Crippen molar-refractivity contribution in [1.82, 2.24) is 0 Å². The van der Waals surface area contributed by atoms with E-state index < -0.39 is 23.9 Å². The Bertz CT molecular complexity index is 678. The van der Waals surface area contributed by atoms with Crippen molar-refractivity contribution in [2.75, 3.05) is 19.1 Å². The monoisotopic (exact) mass is 337 g/mol. The number of hydrogen-bond acceptors (Lipinski definition) is 4. The van der Waals surface area contributed by atoms with Crippen molar-refractivity contribution in [2.24, 2.45) is 0 Å². The van der Waals surface area contributed by atoms with Crippen LogP contribution in [0.4, 0.5) is 10.1 Å². The molecule has 0 heterocycles. The first-order valence-electron chi connectivity index (χ1n) is 6.94. The Kier molecular flexibility index (Phi) is 5.58. The molecule has 2 aromatic carbocycles. The van der Waals surface area contributed by atoms with Crippen LogP contribution in [0.1, 0.15) is 11.6 Å². The van der Waals surface area contributed by atoms with Crippen LogP contribution in [-0.4, -0.2) is 31.3 Å². The van der Waals surface area contributed by atoms with E-state index in [4.69, 9.17) is 11.6 Å². The van der Waals surface area contributed by atoms with Crippen molar-refractivity contribution in [1.29, 1.82) is 0 Å². The minimum atomic E-state index is -1.47. The second-order valence-corrected chi connectivity index (χ2v) is 5.49. The molecule has 0 aliphatic carbocycles. The number of hydrogen-bond donors (Lipinski definition) is 1. The fourth-order valence-electron chi connectivity index (χ4n) is 2.39. The predicted molar refractivity (Wildman–Crippen MR) is 87.0 cm³/mol. The molecule has 0 saturated heterocycles. The van der Waals surface area contributed by atoms with Gasteiger partial charge in [-0.05, 0) is 42.0 Å². The first kappa shape index (κ1) is 17.2. The van der Waals surface area contributed by atoms with E-state index in [0.717, 1.165) is 0 Å². The zero-order chi connectivity index (χ0) is 17.0. The van der Waals surface area contributed by atoms with Gasteiger partial charge in [0, 0.05) is 17.8 Å². The van der Waals surface area contributed by atoms with Crippen LogP contribution >= 0.6 is 11.6 Å². The van der Waals surface area contributed by atoms with Crippen LogP contribution in [-0.2, 0) is 9.53 Å². The van der Waals surface area contributed by atoms with Gasteiger partial charge >= 0.3 is 5.97 Å². The summed E-state index contributed by atoms with van der Waals surface area (Å²) in [4.78, 5) is 13.5. The molecule has 6 heteroatoms. The zero-order valence-electron chi connectivity index (χ0n) is 12.7. The molecule has 0 saturated carbocycles. The molecule has 1 N–H and O–H groups in total. The number of rotatable bonds is 5. The van der Waals surface area contributed by atoms with Crippen molar-refractivity contribution in [2.45, 2.75) is 12.1 Å². The molecule has 122 valence electrons. The fraction of sp³-hybridized carbons (Fsp3) is 0.235. The van der Waals surface area contributed by atoms with Crippen LogP contribution in [0.3, 0.4) is 0 Å². The van der Waals surface area contributed by atoms with E-state index in [-0.39, 0.29) is 0 Å². The minimum absolute atomic E-state index is 0.450. The maximum atomic E-state index is 13.6. The molecule has 0 aromatic heterocycles. The number of esters is 1. The Hall–Kier alpha value is -2.11. The van der Waals surface area contributed by atoms with Crippen molar-refractivity contribution in [3.63, 3.8) is 0 Å². The third kappa shape index (κ3) is 4.00. The van der Waals surface area contributed by atoms with Crippen LogP contribution in [0.25, 0.3) is 0 Å². The number of anilines is 1. The fourth-order valence-corrected chi connectivity index (χ4v) is 2.52. The topological polar surface area (TPSA) is 49.8 Å². The third-order valence-corrected chi connectivity index (χ3v) is 3.84. The van der Waals surface area contributed by atoms with E-state index in [1.165, 1.54) is 25.3 Å². The Morgan fingerprint density at radius 1 is 1.26 bits per heavy atom. The second kappa shape index (κ2) is 7.44. The molecule has 0 fully saturated rings. The molecule has 2 atom stereocenters. The molecule has 0 aliphatic heterocycles. The Morgan fingerprint density at radius 3 is 2.48 bits per heavy atom. The number of carbonyl (C=O) groups excluding carboxylic acids is 1. The van der Waals surface area contributed by atoms with E-state index >= 15 is 0 Å². The van der Waals surface area contributed by atoms with Crippen molar-refractivity contribution in [3.05, 3.63) is 64.9 Å². The number of ether oxygens (including phenoxy) is 1. The molecule has 0 bridgehead atoms. The molecule has 23 heavy (non-hydrogen) atoms. The highest BCUT2D eigenvalue weighted by molar-refractivity contribution is 6.30. The lowest BCUT2D eigenvalue weighted by molar-refractivity contribution is -0.151. The van der Waals surface area contributed by atoms with Gasteiger partial charge in [-0.3, -0.25) is 0 Å². The van der Waals surface area contributed by atoms with Crippen LogP contribution in [0.2, 0.25) is 5.02 Å². The molecule has 2 aromatic rings. The van der Waals surface area contributed by atoms with Crippen LogP contribution in [0.5, 0.6) is 0 Å². The largest absolute Gasteiger partial charge is 0.467 e. The maximum absolute atomic E-state index is 13.6. The van der Waals surface area contributed by atoms with E-state index in [0.29, 0.717) is 16.3 Å². The lowest BCUT2D eigenvalue weighted by atomic mass is 9.99. The number of halogens is 2. The zero-order valence-corrected chi connectivity index (χ0v) is 13.5. The van der Waals surface area contributed by atoms with Crippen molar-refractivity contribution < 1.29 is 19.0 Å². The number of benzene rings is 2. The molecule has 0 spiro atoms. The van der Waals surface area contributed by atoms with E-state index in [1.54, 1.807) is 42.3 Å². The summed E-state index contributed by atoms with van der Waals surface area (Å²) in [6.07, 6.45) is -1.47. The summed E-state index contributed by atoms with van der Waals surface area (Å²) in [5, 5.41) is 10.9. The van der Waals surface area contributed by atoms with Gasteiger partial charge in [0.2, 0.25) is 0 Å². The quantitative estimate of drug-likeness (QED) is 0.851. The first-order chi connectivity index (χ1) is 10.9. The average molecular weight is 338 g/mol. The summed E-state index contributed by atoms with van der Waals surface area (Å²) in [6.45, 7) is 0. The highest BCUT2D eigenvalue weighted by Crippen LogP contribution is 2.30. The molecule has 0 radical (unpaired) electrons. The van der Waals surface area contributed by atoms with Crippen LogP contribution in [0, 0.1) is 5.82 Å². The minimum Gasteiger partial charge on any atom is -0.467 e. The smallest absolute Gasteiger partial charge is 0.337 e. The van der Waals surface area contributed by atoms with E-state index in [2.05, 4.69) is 4.74 Å². The van der Waals surface area contributed by atoms with Gasteiger partial charge in [0.15, 0.2) is 6.10 Å². The summed E-state index contributed by atoms with van der Waals surface area (Å²) in [5.74, 6) is -1.24. The summed E-state index contributed by atoms with van der Waals surface area (Å²) in [5.41, 5.74) is 1.17. The van der Waals surface area contributed by atoms with Crippen LogP contribution in [0.15, 0.2) is 48.5 Å². The Labute approximate surface area is 139 Å². The second-order valence-electron chi connectivity index (χ2n) is 5.06. The third-order valence-electron chi connectivity index (χ3n) is 3.58. The Morgan fingerprint density at radius 2 is 1.91 bits per heavy atom. The van der Waals surface area contributed by atoms with Gasteiger partial charge in [-0.1, -0.05) is 23.7 Å². The number of aliphatic hydroxyl groups is 1. The normalized spacial score (nSPS) is 13.3. The van der Waals surface area contributed by atoms with Gasteiger partial charge in [-0.25, -0.2) is 9.18 Å². The number of carbonyl (C=O) groups is 1. The maximum Gasteiger partial charge on any atom is 0.337 e. The standard InChI is InChI=1S/C17H17ClFNO3/c1-20(14-8-6-12(18)7-9-14)15(16(21)17(22)23-2)11-4-3-5-13(19)10-11/h3-10,15-16,21H,1-2H3. The molecular formula is C17H17ClFNO3. The number of aliphatic hydroxyl groups excluding tert-OH is 1. The van der Waals surface area contributed by atoms with Gasteiger partial charge in [0.25, 0.3) is 0 Å². The summed E-state index contributed by atoms with van der Waals surface area (Å²) in [7, 11) is 2.89. The van der Waals surface area contributed by atoms with E-state index in [9.17, 15) is 14.3 Å². The summed E-state index contributed by atoms with van der Waals surface area (Å²) >= 11 is 5.88. The van der Waals surface area contributed by atoms with Gasteiger partial charge in [-0.2, -0.15) is 0 Å². The molecular weight excluding hydrogens is 321 g/mol. The van der Waals surface area contributed by atoms with E-state index in [1.807, 2.05) is 0 Å². The molecule has 2 rings (SSSR count). The Balaban J connectivity index is 2.44.